The van der Waals surface area contributed by atoms with Gasteiger partial charge in [0.15, 0.2) is 0 Å². The minimum Gasteiger partial charge on any atom is -0.382 e. The molecular weight excluding hydrogens is 1320 g/mol. The summed E-state index contributed by atoms with van der Waals surface area (Å²) in [6.07, 6.45) is 9.01. The minimum absolute atomic E-state index is 0. The van der Waals surface area contributed by atoms with E-state index in [0.717, 1.165) is 65.4 Å². The molecule has 5 heterocycles. The first-order valence-electron chi connectivity index (χ1n) is 37.0. The van der Waals surface area contributed by atoms with Crippen molar-refractivity contribution in [2.75, 3.05) is 29.2 Å². The largest absolute Gasteiger partial charge is 1.00 e. The zero-order chi connectivity index (χ0) is 72.1. The van der Waals surface area contributed by atoms with Crippen LogP contribution in [0.5, 0.6) is 0 Å². The van der Waals surface area contributed by atoms with Gasteiger partial charge in [-0.25, -0.2) is 4.98 Å². The molecule has 0 radical (unpaired) electrons. The van der Waals surface area contributed by atoms with Gasteiger partial charge >= 0.3 is 37.7 Å². The van der Waals surface area contributed by atoms with E-state index in [0.29, 0.717) is 35.8 Å². The maximum Gasteiger partial charge on any atom is 1.00 e. The number of benzene rings is 10. The number of anilines is 3. The Hall–Kier alpha value is -8.02. The molecule has 0 spiro atoms. The van der Waals surface area contributed by atoms with E-state index in [1.807, 2.05) is 48.7 Å². The van der Waals surface area contributed by atoms with E-state index in [4.69, 9.17) is 19.7 Å². The van der Waals surface area contributed by atoms with Crippen LogP contribution < -0.4 is 53.7 Å². The number of fused-ring (bicyclic) bond motifs is 5. The Morgan fingerprint density at radius 2 is 0.933 bits per heavy atom. The molecule has 2 unspecified atom stereocenters. The van der Waals surface area contributed by atoms with Crippen molar-refractivity contribution < 1.29 is 42.5 Å². The van der Waals surface area contributed by atoms with Crippen molar-refractivity contribution in [2.24, 2.45) is 4.99 Å². The molecule has 3 aliphatic rings. The Morgan fingerprint density at radius 1 is 0.490 bits per heavy atom. The van der Waals surface area contributed by atoms with E-state index in [9.17, 15) is 0 Å². The Labute approximate surface area is 654 Å². The fourth-order valence-electron chi connectivity index (χ4n) is 13.4. The summed E-state index contributed by atoms with van der Waals surface area (Å²) >= 11 is 3.50. The predicted molar refractivity (Wildman–Crippen MR) is 443 cm³/mol. The molecule has 0 aliphatic carbocycles. The standard InChI is InChI=1S/C38H41N3.C28H33N3.C10H7Br.C10H7.C4H8O.C4H9.2Li/c1-24(2)29-16-10-17-30(25(3)4)37(29)41-38(32-18-8-13-27-12-6-7-15-31(27)32)35-21-11-20-34(40-35)33-19-9-14-28-23-22-26(5)39-36(28)33;1-18(2)23-11-8-12-24(19(3)4)28(23)29-17-22-10-7-14-26(31-22)25-13-6-9-21-16-15-20(5)30-27(21)25;11-10-7-3-5-8-4-1-2-6-9(8)10;1-2-6-10-8-4-3-7-9(10)5-1;1-2-4-5-3-1;1-4(2)3;;/h6-21,24-26,38-39,41H,22-23H2,1-5H3;6-14,17-20,30H,15-16H2,1-5H3;1-7H;1-7H;1-4H2;1-3H3;;/q;;;-1;;-1;2*+1/t26?,38-;;;;;;;/m0......./s1. The third-order valence-electron chi connectivity index (χ3n) is 18.8. The molecule has 2 aromatic heterocycles. The molecule has 3 atom stereocenters. The van der Waals surface area contributed by atoms with Gasteiger partial charge in [-0.1, -0.05) is 247 Å². The number of aromatic nitrogens is 2. The third-order valence-corrected chi connectivity index (χ3v) is 19.5. The van der Waals surface area contributed by atoms with Crippen LogP contribution in [0.2, 0.25) is 0 Å². The van der Waals surface area contributed by atoms with Gasteiger partial charge in [-0.2, -0.15) is 20.8 Å². The fourth-order valence-corrected chi connectivity index (χ4v) is 13.9. The first-order valence-corrected chi connectivity index (χ1v) is 37.8. The van der Waals surface area contributed by atoms with Gasteiger partial charge < -0.3 is 26.6 Å². The summed E-state index contributed by atoms with van der Waals surface area (Å²) in [6.45, 7) is 30.8. The number of aliphatic imine (C=N–C) groups is 1. The summed E-state index contributed by atoms with van der Waals surface area (Å²) in [7, 11) is 0. The number of ether oxygens (including phenoxy) is 1. The summed E-state index contributed by atoms with van der Waals surface area (Å²) in [6, 6.07) is 87.2. The Bertz CT molecular complexity index is 4570. The number of hydrogen-bond donors (Lipinski definition) is 3. The fraction of sp³-hybridized carbons (Fsp3) is 0.298. The predicted octanol–water partition coefficient (Wildman–Crippen LogP) is 20.3. The van der Waals surface area contributed by atoms with E-state index in [1.165, 1.54) is 125 Å². The number of nitrogens with zero attached hydrogens (tertiary/aromatic N) is 3. The maximum atomic E-state index is 5.40. The number of aryl methyl sites for hydroxylation is 2. The van der Waals surface area contributed by atoms with Crippen molar-refractivity contribution in [3.8, 4) is 22.5 Å². The van der Waals surface area contributed by atoms with Crippen LogP contribution in [0, 0.1) is 12.0 Å². The smallest absolute Gasteiger partial charge is 0.382 e. The van der Waals surface area contributed by atoms with Crippen LogP contribution in [0.3, 0.4) is 0 Å². The first-order chi connectivity index (χ1) is 49.4. The van der Waals surface area contributed by atoms with Gasteiger partial charge in [0.2, 0.25) is 0 Å². The quantitative estimate of drug-likeness (QED) is 0.0642. The first kappa shape index (κ1) is 81.7. The number of nitrogens with one attached hydrogen (secondary N) is 3. The van der Waals surface area contributed by atoms with Crippen molar-refractivity contribution in [1.29, 1.82) is 0 Å². The molecule has 7 nitrogen and oxygen atoms in total. The topological polar surface area (TPSA) is 83.5 Å². The number of para-hydroxylation sites is 4. The second-order valence-electron chi connectivity index (χ2n) is 28.9. The van der Waals surface area contributed by atoms with Gasteiger partial charge in [-0.05, 0) is 167 Å². The van der Waals surface area contributed by atoms with Gasteiger partial charge in [-0.15, -0.1) is 47.2 Å². The van der Waals surface area contributed by atoms with Crippen LogP contribution in [-0.2, 0) is 17.6 Å². The maximum absolute atomic E-state index is 5.40. The van der Waals surface area contributed by atoms with E-state index < -0.39 is 0 Å². The van der Waals surface area contributed by atoms with Gasteiger partial charge in [0.25, 0.3) is 0 Å². The zero-order valence-electron chi connectivity index (χ0n) is 64.4. The molecular formula is C94H105BrLi2N6O. The summed E-state index contributed by atoms with van der Waals surface area (Å²) in [5.74, 6) is 3.06. The number of halogens is 1. The molecule has 0 amide bonds. The van der Waals surface area contributed by atoms with Crippen LogP contribution >= 0.6 is 15.9 Å². The van der Waals surface area contributed by atoms with E-state index >= 15 is 0 Å². The molecule has 104 heavy (non-hydrogen) atoms. The summed E-state index contributed by atoms with van der Waals surface area (Å²) < 4.78 is 6.11. The average Bonchev–Trinajstić information content (AvgIpc) is 0.840. The van der Waals surface area contributed by atoms with E-state index in [2.05, 4.69) is 322 Å². The molecule has 1 saturated heterocycles. The van der Waals surface area contributed by atoms with Crippen LogP contribution in [0.15, 0.2) is 246 Å². The van der Waals surface area contributed by atoms with Crippen molar-refractivity contribution in [3.05, 3.63) is 303 Å². The Kier molecular flexibility index (Phi) is 31.8. The average molecular weight is 1430 g/mol. The molecule has 3 N–H and O–H groups in total. The van der Waals surface area contributed by atoms with Crippen LogP contribution in [0.25, 0.3) is 54.8 Å². The minimum atomic E-state index is -0.120. The van der Waals surface area contributed by atoms with Gasteiger partial charge in [-0.3, -0.25) is 9.98 Å². The second-order valence-corrected chi connectivity index (χ2v) is 29.8. The summed E-state index contributed by atoms with van der Waals surface area (Å²) in [5, 5.41) is 19.0. The molecule has 1 fully saturated rings. The molecule has 0 saturated carbocycles. The SMILES string of the molecule is Brc1cccc2ccccc12.C1CCOC1.CC1CCc2cccc(-c3cccc(C=Nc4c(C(C)C)cccc4C(C)C)n3)c2N1.CC1CCc2cccc(-c3cccc([C@@H](Nc4c(C(C)C)cccc4C(C)C)c4cccc5ccccc45)n3)c2N1.C[C-](C)C.[Li+].[Li+].[c-]1cccc2ccccc12. The molecule has 10 heteroatoms. The van der Waals surface area contributed by atoms with Gasteiger partial charge in [0.05, 0.1) is 40.7 Å². The molecule has 3 aliphatic heterocycles. The molecule has 0 bridgehead atoms. The van der Waals surface area contributed by atoms with Gasteiger partial charge in [0, 0.05) is 58.0 Å². The van der Waals surface area contributed by atoms with Crippen LogP contribution in [0.4, 0.5) is 22.7 Å². The Morgan fingerprint density at radius 3 is 1.47 bits per heavy atom. The van der Waals surface area contributed by atoms with Crippen molar-refractivity contribution in [2.45, 2.75) is 170 Å². The zero-order valence-corrected chi connectivity index (χ0v) is 66.0. The number of rotatable bonds is 12. The van der Waals surface area contributed by atoms with Crippen molar-refractivity contribution >= 4 is 77.2 Å². The summed E-state index contributed by atoms with van der Waals surface area (Å²) in [5.41, 5.74) is 20.3. The van der Waals surface area contributed by atoms with E-state index in [-0.39, 0.29) is 43.8 Å². The number of hydrogen-bond acceptors (Lipinski definition) is 7. The second kappa shape index (κ2) is 40.5. The van der Waals surface area contributed by atoms with Crippen molar-refractivity contribution in [3.63, 3.8) is 0 Å². The van der Waals surface area contributed by atoms with Crippen LogP contribution in [0.1, 0.15) is 196 Å². The molecule has 15 rings (SSSR count). The van der Waals surface area contributed by atoms with Crippen LogP contribution in [-0.4, -0.2) is 41.5 Å². The normalized spacial score (nSPS) is 14.5. The van der Waals surface area contributed by atoms with Gasteiger partial charge in [0.1, 0.15) is 0 Å². The van der Waals surface area contributed by atoms with Crippen molar-refractivity contribution in [1.82, 2.24) is 9.97 Å². The Balaban J connectivity index is 0.000000188. The number of pyridine rings is 2. The van der Waals surface area contributed by atoms with E-state index in [1.54, 1.807) is 0 Å². The third kappa shape index (κ3) is 22.0. The molecule has 10 aromatic carbocycles. The monoisotopic (exact) mass is 1430 g/mol. The summed E-state index contributed by atoms with van der Waals surface area (Å²) in [4.78, 5) is 15.3. The molecule has 526 valence electrons. The molecule has 12 aromatic rings.